The lowest BCUT2D eigenvalue weighted by molar-refractivity contribution is -0.136. The lowest BCUT2D eigenvalue weighted by atomic mass is 9.89. The van der Waals surface area contributed by atoms with Gasteiger partial charge in [0, 0.05) is 31.0 Å². The van der Waals surface area contributed by atoms with Gasteiger partial charge >= 0.3 is 5.97 Å². The molecule has 0 amide bonds. The van der Waals surface area contributed by atoms with Crippen molar-refractivity contribution in [1.82, 2.24) is 4.90 Å². The molecule has 2 aliphatic heterocycles. The second-order valence-electron chi connectivity index (χ2n) is 6.91. The van der Waals surface area contributed by atoms with Crippen molar-refractivity contribution < 1.29 is 24.1 Å². The highest BCUT2D eigenvalue weighted by molar-refractivity contribution is 5.93. The number of hydrogen-bond acceptors (Lipinski definition) is 6. The third kappa shape index (κ3) is 3.76. The van der Waals surface area contributed by atoms with Crippen molar-refractivity contribution in [2.45, 2.75) is 38.5 Å². The molecule has 6 nitrogen and oxygen atoms in total. The van der Waals surface area contributed by atoms with E-state index in [4.69, 9.17) is 14.2 Å². The summed E-state index contributed by atoms with van der Waals surface area (Å²) in [5.41, 5.74) is 1.09. The molecule has 0 bridgehead atoms. The Morgan fingerprint density at radius 3 is 2.54 bits per heavy atom. The van der Waals surface area contributed by atoms with E-state index < -0.39 is 12.2 Å². The molecule has 2 aliphatic rings. The van der Waals surface area contributed by atoms with Crippen LogP contribution in [0.3, 0.4) is 0 Å². The summed E-state index contributed by atoms with van der Waals surface area (Å²) in [4.78, 5) is 14.1. The summed E-state index contributed by atoms with van der Waals surface area (Å²) in [5.74, 6) is 0.380. The average Bonchev–Trinajstić information content (AvgIpc) is 2.63. The Balaban J connectivity index is 1.90. The molecule has 140 valence electrons. The number of aliphatic hydroxyl groups is 1. The molecule has 0 radical (unpaired) electrons. The van der Waals surface area contributed by atoms with E-state index >= 15 is 0 Å². The third-order valence-electron chi connectivity index (χ3n) is 4.97. The van der Waals surface area contributed by atoms with Gasteiger partial charge in [-0.2, -0.15) is 0 Å². The molecular formula is C20H25NO5. The van der Waals surface area contributed by atoms with Gasteiger partial charge in [0.1, 0.15) is 23.3 Å². The molecule has 3 rings (SSSR count). The van der Waals surface area contributed by atoms with E-state index in [1.807, 2.05) is 31.2 Å². The molecule has 0 spiro atoms. The van der Waals surface area contributed by atoms with Crippen LogP contribution in [-0.2, 0) is 14.3 Å². The van der Waals surface area contributed by atoms with Crippen LogP contribution in [0.5, 0.6) is 5.75 Å². The fourth-order valence-electron chi connectivity index (χ4n) is 3.21. The van der Waals surface area contributed by atoms with E-state index in [1.54, 1.807) is 17.2 Å². The van der Waals surface area contributed by atoms with Gasteiger partial charge in [-0.25, -0.2) is 4.79 Å². The van der Waals surface area contributed by atoms with Crippen LogP contribution in [0.25, 0.3) is 0 Å². The predicted molar refractivity (Wildman–Crippen MR) is 96.3 cm³/mol. The van der Waals surface area contributed by atoms with Crippen molar-refractivity contribution in [2.75, 3.05) is 20.3 Å². The molecule has 0 saturated carbocycles. The van der Waals surface area contributed by atoms with Gasteiger partial charge in [0.15, 0.2) is 0 Å². The lowest BCUT2D eigenvalue weighted by Crippen LogP contribution is -2.52. The molecule has 1 saturated heterocycles. The highest BCUT2D eigenvalue weighted by atomic mass is 16.5. The van der Waals surface area contributed by atoms with E-state index in [0.29, 0.717) is 24.7 Å². The normalized spacial score (nSPS) is 22.3. The van der Waals surface area contributed by atoms with Gasteiger partial charge in [0.2, 0.25) is 0 Å². The summed E-state index contributed by atoms with van der Waals surface area (Å²) in [6, 6.07) is 7.49. The Bertz CT molecular complexity index is 716. The summed E-state index contributed by atoms with van der Waals surface area (Å²) in [5, 5.41) is 10.7. The molecule has 6 heteroatoms. The van der Waals surface area contributed by atoms with Gasteiger partial charge in [-0.1, -0.05) is 17.7 Å². The number of ether oxygens (including phenoxy) is 3. The van der Waals surface area contributed by atoms with Gasteiger partial charge in [-0.05, 0) is 38.8 Å². The van der Waals surface area contributed by atoms with Crippen molar-refractivity contribution in [3.05, 3.63) is 53.4 Å². The maximum absolute atomic E-state index is 12.3. The van der Waals surface area contributed by atoms with E-state index in [9.17, 15) is 9.90 Å². The Morgan fingerprint density at radius 2 is 1.92 bits per heavy atom. The Hall–Kier alpha value is -2.31. The Kier molecular flexibility index (Phi) is 5.34. The van der Waals surface area contributed by atoms with Crippen LogP contribution in [0.2, 0.25) is 0 Å². The predicted octanol–water partition coefficient (Wildman–Crippen LogP) is 2.52. The van der Waals surface area contributed by atoms with Crippen LogP contribution < -0.4 is 4.74 Å². The first-order chi connectivity index (χ1) is 12.4. The maximum atomic E-state index is 12.3. The largest absolute Gasteiger partial charge is 0.465 e. The first kappa shape index (κ1) is 18.5. The molecule has 1 aromatic carbocycles. The second kappa shape index (κ2) is 7.51. The summed E-state index contributed by atoms with van der Waals surface area (Å²) in [6.07, 6.45) is 3.82. The minimum atomic E-state index is -0.896. The van der Waals surface area contributed by atoms with Crippen LogP contribution in [0.1, 0.15) is 25.3 Å². The molecule has 2 heterocycles. The number of rotatable bonds is 4. The van der Waals surface area contributed by atoms with Crippen molar-refractivity contribution >= 4 is 5.97 Å². The summed E-state index contributed by atoms with van der Waals surface area (Å²) in [6.45, 7) is 5.29. The minimum Gasteiger partial charge on any atom is -0.465 e. The minimum absolute atomic E-state index is 0.283. The number of carbonyl (C=O) groups is 1. The third-order valence-corrected chi connectivity index (χ3v) is 4.97. The van der Waals surface area contributed by atoms with E-state index in [-0.39, 0.29) is 11.1 Å². The highest BCUT2D eigenvalue weighted by Crippen LogP contribution is 2.34. The molecule has 1 fully saturated rings. The second-order valence-corrected chi connectivity index (χ2v) is 6.91. The zero-order valence-corrected chi connectivity index (χ0v) is 15.4. The number of benzene rings is 1. The number of esters is 1. The van der Waals surface area contributed by atoms with E-state index in [2.05, 4.69) is 6.92 Å². The number of nitrogens with zero attached hydrogens (tertiary/aromatic N) is 1. The number of aliphatic hydroxyl groups excluding tert-OH is 1. The summed E-state index contributed by atoms with van der Waals surface area (Å²) >= 11 is 0. The molecular weight excluding hydrogens is 334 g/mol. The average molecular weight is 359 g/mol. The zero-order chi connectivity index (χ0) is 18.7. The number of aryl methyl sites for hydroxylation is 1. The van der Waals surface area contributed by atoms with Gasteiger partial charge in [0.05, 0.1) is 7.11 Å². The number of hydrogen-bond donors (Lipinski definition) is 1. The first-order valence-corrected chi connectivity index (χ1v) is 8.74. The standard InChI is InChI=1S/C20H25NO5/c1-14-4-6-15(7-5-14)26-17-12-18(22)21(13-16(17)19(23)24-3)20(2)8-10-25-11-9-20/h4-7,12-13,18,22H,8-11H2,1-3H3. The zero-order valence-electron chi connectivity index (χ0n) is 15.4. The van der Waals surface area contributed by atoms with Crippen LogP contribution in [-0.4, -0.2) is 48.1 Å². The molecule has 1 atom stereocenters. The molecule has 26 heavy (non-hydrogen) atoms. The monoisotopic (exact) mass is 359 g/mol. The van der Waals surface area contributed by atoms with Crippen LogP contribution in [0.15, 0.2) is 47.9 Å². The topological polar surface area (TPSA) is 68.2 Å². The lowest BCUT2D eigenvalue weighted by Gasteiger charge is -2.46. The number of methoxy groups -OCH3 is 1. The Labute approximate surface area is 153 Å². The van der Waals surface area contributed by atoms with Crippen molar-refractivity contribution in [1.29, 1.82) is 0 Å². The van der Waals surface area contributed by atoms with E-state index in [1.165, 1.54) is 7.11 Å². The van der Waals surface area contributed by atoms with Crippen molar-refractivity contribution in [3.63, 3.8) is 0 Å². The van der Waals surface area contributed by atoms with Gasteiger partial charge in [-0.15, -0.1) is 0 Å². The fourth-order valence-corrected chi connectivity index (χ4v) is 3.21. The van der Waals surface area contributed by atoms with Gasteiger partial charge in [0.25, 0.3) is 0 Å². The van der Waals surface area contributed by atoms with E-state index in [0.717, 1.165) is 18.4 Å². The van der Waals surface area contributed by atoms with Crippen molar-refractivity contribution in [2.24, 2.45) is 0 Å². The Morgan fingerprint density at radius 1 is 1.27 bits per heavy atom. The van der Waals surface area contributed by atoms with Crippen LogP contribution in [0, 0.1) is 6.92 Å². The van der Waals surface area contributed by atoms with Gasteiger partial charge in [-0.3, -0.25) is 0 Å². The quantitative estimate of drug-likeness (QED) is 0.833. The smallest absolute Gasteiger partial charge is 0.343 e. The SMILES string of the molecule is COC(=O)C1=CN(C2(C)CCOCC2)C(O)C=C1Oc1ccc(C)cc1. The molecule has 0 aliphatic carbocycles. The molecule has 1 aromatic rings. The van der Waals surface area contributed by atoms with Crippen LogP contribution in [0.4, 0.5) is 0 Å². The number of carbonyl (C=O) groups excluding carboxylic acids is 1. The van der Waals surface area contributed by atoms with Crippen molar-refractivity contribution in [3.8, 4) is 5.75 Å². The molecule has 1 unspecified atom stereocenters. The van der Waals surface area contributed by atoms with Crippen LogP contribution >= 0.6 is 0 Å². The highest BCUT2D eigenvalue weighted by Gasteiger charge is 2.39. The summed E-state index contributed by atoms with van der Waals surface area (Å²) < 4.78 is 16.2. The van der Waals surface area contributed by atoms with Gasteiger partial charge < -0.3 is 24.2 Å². The molecule has 0 aromatic heterocycles. The maximum Gasteiger partial charge on any atom is 0.343 e. The first-order valence-electron chi connectivity index (χ1n) is 8.74. The fraction of sp³-hybridized carbons (Fsp3) is 0.450. The summed E-state index contributed by atoms with van der Waals surface area (Å²) in [7, 11) is 1.33. The molecule has 1 N–H and O–H groups in total.